The predicted octanol–water partition coefficient (Wildman–Crippen LogP) is -3.11. The first-order chi connectivity index (χ1) is 35.3. The number of likely N-dealkylation sites (tertiary alicyclic amines) is 2. The molecule has 0 aromatic heterocycles. The first-order valence-corrected chi connectivity index (χ1v) is 25.7. The van der Waals surface area contributed by atoms with Crippen molar-refractivity contribution in [3.8, 4) is 5.75 Å². The Labute approximate surface area is 436 Å². The van der Waals surface area contributed by atoms with Gasteiger partial charge < -0.3 is 88.2 Å². The number of primary amides is 2. The lowest BCUT2D eigenvalue weighted by molar-refractivity contribution is -0.148. The lowest BCUT2D eigenvalue weighted by atomic mass is 9.91. The van der Waals surface area contributed by atoms with E-state index in [2.05, 4.69) is 42.0 Å². The van der Waals surface area contributed by atoms with Crippen LogP contribution in [0.25, 0.3) is 0 Å². The van der Waals surface area contributed by atoms with Crippen molar-refractivity contribution in [2.45, 2.75) is 197 Å². The van der Waals surface area contributed by atoms with Crippen LogP contribution < -0.4 is 32.7 Å². The minimum Gasteiger partial charge on any atom is -0.508 e. The van der Waals surface area contributed by atoms with Gasteiger partial charge in [0.05, 0.1) is 30.8 Å². The molecule has 0 spiro atoms. The van der Waals surface area contributed by atoms with Crippen LogP contribution in [0.15, 0.2) is 24.3 Å². The molecule has 0 bridgehead atoms. The second kappa shape index (κ2) is 30.7. The Bertz CT molecular complexity index is 2080. The summed E-state index contributed by atoms with van der Waals surface area (Å²) in [7, 11) is 0. The van der Waals surface area contributed by atoms with Gasteiger partial charge in [0.2, 0.25) is 47.3 Å². The number of nitrogens with zero attached hydrogens (tertiary/aromatic N) is 2. The van der Waals surface area contributed by atoms with E-state index in [9.17, 15) is 84.0 Å². The number of carbonyl (C=O) groups excluding carboxylic acids is 9. The van der Waals surface area contributed by atoms with Crippen LogP contribution in [0.1, 0.15) is 129 Å². The third kappa shape index (κ3) is 19.4. The average Bonchev–Trinajstić information content (AvgIpc) is 3.95. The van der Waals surface area contributed by atoms with Gasteiger partial charge in [0.25, 0.3) is 0 Å². The van der Waals surface area contributed by atoms with Gasteiger partial charge in [-0.25, -0.2) is 0 Å². The molecule has 25 heteroatoms. The van der Waals surface area contributed by atoms with Crippen LogP contribution in [0.5, 0.6) is 5.75 Å². The fraction of sp³-hybridized carbons (Fsp3) is 0.700. The van der Waals surface area contributed by atoms with E-state index in [-0.39, 0.29) is 37.0 Å². The van der Waals surface area contributed by atoms with Gasteiger partial charge in [-0.05, 0) is 55.7 Å². The zero-order valence-corrected chi connectivity index (χ0v) is 43.2. The molecule has 0 radical (unpaired) electrons. The summed E-state index contributed by atoms with van der Waals surface area (Å²) in [5, 5.41) is 95.0. The quantitative estimate of drug-likeness (QED) is 0.0251. The van der Waals surface area contributed by atoms with Crippen molar-refractivity contribution in [2.24, 2.45) is 23.3 Å². The number of unbranched alkanes of at least 4 members (excludes halogenated alkanes) is 5. The van der Waals surface area contributed by atoms with Crippen LogP contribution in [-0.2, 0) is 43.2 Å². The summed E-state index contributed by atoms with van der Waals surface area (Å²) >= 11 is 0. The van der Waals surface area contributed by atoms with E-state index < -0.39 is 152 Å². The number of hydrogen-bond donors (Lipinski definition) is 14. The fourth-order valence-corrected chi connectivity index (χ4v) is 9.42. The Morgan fingerprint density at radius 3 is 1.93 bits per heavy atom. The van der Waals surface area contributed by atoms with Crippen LogP contribution in [0, 0.1) is 11.8 Å². The van der Waals surface area contributed by atoms with Crippen LogP contribution in [-0.4, -0.2) is 190 Å². The molecule has 422 valence electrons. The maximum Gasteiger partial charge on any atom is 0.248 e. The monoisotopic (exact) mass is 1060 g/mol. The third-order valence-corrected chi connectivity index (χ3v) is 13.8. The van der Waals surface area contributed by atoms with E-state index in [1.165, 1.54) is 6.42 Å². The first-order valence-electron chi connectivity index (χ1n) is 25.7. The number of hydrogen-bond acceptors (Lipinski definition) is 17. The van der Waals surface area contributed by atoms with Crippen LogP contribution in [0.3, 0.4) is 0 Å². The molecule has 2 aliphatic rings. The van der Waals surface area contributed by atoms with E-state index in [1.807, 2.05) is 0 Å². The fourth-order valence-electron chi connectivity index (χ4n) is 9.42. The molecule has 75 heavy (non-hydrogen) atoms. The Hall–Kier alpha value is -5.83. The van der Waals surface area contributed by atoms with E-state index in [0.29, 0.717) is 18.3 Å². The van der Waals surface area contributed by atoms with E-state index in [1.54, 1.807) is 0 Å². The largest absolute Gasteiger partial charge is 0.508 e. The number of nitrogens with two attached hydrogens (primary N) is 2. The second-order valence-corrected chi connectivity index (χ2v) is 20.2. The average molecular weight is 1070 g/mol. The SMILES string of the molecule is CCC(C)CC(C)CCCCCCCCC(=O)N[C@@H](C[C@@H](O)C=O)C(=O)N[C@H](C(=O)N1C[C@H](O)C[C@H]1C(=O)N[C@H](C(=O)N[C@H](C(=O)N1CC[C@H](O)[C@H]1C(N)=O)[C@H](O)CC(N)=O)[C@H](O)[C@@H](O)c1ccc(O)cc1)[C@@H](C)O. The van der Waals surface area contributed by atoms with Crippen LogP contribution in [0.4, 0.5) is 0 Å². The van der Waals surface area contributed by atoms with Crippen LogP contribution in [0.2, 0.25) is 0 Å². The second-order valence-electron chi connectivity index (χ2n) is 20.2. The number of carbonyl (C=O) groups is 9. The molecule has 25 nitrogen and oxygen atoms in total. The molecule has 15 atom stereocenters. The molecule has 2 aliphatic heterocycles. The van der Waals surface area contributed by atoms with Crippen molar-refractivity contribution in [1.29, 1.82) is 0 Å². The van der Waals surface area contributed by atoms with Crippen LogP contribution >= 0.6 is 0 Å². The predicted molar refractivity (Wildman–Crippen MR) is 267 cm³/mol. The van der Waals surface area contributed by atoms with Crippen molar-refractivity contribution in [3.05, 3.63) is 29.8 Å². The lowest BCUT2D eigenvalue weighted by Gasteiger charge is -2.34. The number of β-amino-alcohol motifs (C(OH)–C–C–N with tert-alkyl or cyclic N) is 1. The van der Waals surface area contributed by atoms with Crippen molar-refractivity contribution in [2.75, 3.05) is 13.1 Å². The first kappa shape index (κ1) is 63.5. The van der Waals surface area contributed by atoms with E-state index in [4.69, 9.17) is 11.5 Å². The molecule has 0 saturated carbocycles. The third-order valence-electron chi connectivity index (χ3n) is 13.8. The molecule has 1 aromatic carbocycles. The van der Waals surface area contributed by atoms with Gasteiger partial charge in [-0.3, -0.25) is 38.4 Å². The number of nitrogens with one attached hydrogen (secondary N) is 4. The number of phenolic OH excluding ortho intramolecular Hbond substituents is 1. The Balaban J connectivity index is 1.84. The zero-order chi connectivity index (χ0) is 56.3. The summed E-state index contributed by atoms with van der Waals surface area (Å²) in [6, 6.07) is -6.89. The molecule has 16 N–H and O–H groups in total. The minimum atomic E-state index is -2.37. The Kier molecular flexibility index (Phi) is 25.9. The maximum atomic E-state index is 14.3. The smallest absolute Gasteiger partial charge is 0.248 e. The van der Waals surface area contributed by atoms with Gasteiger partial charge in [0.15, 0.2) is 0 Å². The number of amides is 8. The van der Waals surface area contributed by atoms with E-state index in [0.717, 1.165) is 85.9 Å². The molecular formula is C50H80N8O17. The summed E-state index contributed by atoms with van der Waals surface area (Å²) in [4.78, 5) is 121. The van der Waals surface area contributed by atoms with Crippen molar-refractivity contribution in [1.82, 2.24) is 31.1 Å². The van der Waals surface area contributed by atoms with Crippen molar-refractivity contribution >= 4 is 53.5 Å². The molecule has 2 fully saturated rings. The molecule has 8 amide bonds. The summed E-state index contributed by atoms with van der Waals surface area (Å²) < 4.78 is 0. The highest BCUT2D eigenvalue weighted by atomic mass is 16.3. The minimum absolute atomic E-state index is 0.00291. The Morgan fingerprint density at radius 1 is 0.747 bits per heavy atom. The number of aliphatic hydroxyl groups excluding tert-OH is 7. The number of rotatable bonds is 32. The van der Waals surface area contributed by atoms with Crippen molar-refractivity contribution in [3.63, 3.8) is 0 Å². The lowest BCUT2D eigenvalue weighted by Crippen LogP contribution is -2.64. The summed E-state index contributed by atoms with van der Waals surface area (Å²) in [5.74, 6) is -8.18. The zero-order valence-electron chi connectivity index (χ0n) is 43.2. The highest BCUT2D eigenvalue weighted by Gasteiger charge is 2.48. The molecule has 2 unspecified atom stereocenters. The summed E-state index contributed by atoms with van der Waals surface area (Å²) in [5.41, 5.74) is 10.6. The van der Waals surface area contributed by atoms with E-state index >= 15 is 0 Å². The summed E-state index contributed by atoms with van der Waals surface area (Å²) in [6.07, 6.45) is -6.35. The molecule has 0 aliphatic carbocycles. The molecule has 1 aromatic rings. The normalized spacial score (nSPS) is 22.0. The van der Waals surface area contributed by atoms with Gasteiger partial charge in [0.1, 0.15) is 66.6 Å². The number of aliphatic hydroxyl groups is 7. The number of aromatic hydroxyl groups is 1. The number of aldehydes is 1. The standard InChI is InChI=1S/C50H80N8O17/c1-5-26(2)20-27(3)12-10-8-6-7-9-11-13-38(67)53-33(21-32(63)25-59)46(71)54-39(28(4)60)49(74)58-24-31(62)22-34(58)47(72)56-41(44(69)43(68)29-14-16-30(61)17-15-29)48(73)55-40(36(65)23-37(51)66)50(75)57-19-18-35(64)42(57)45(52)70/h14-17,25-28,31-36,39-44,60-65,68-69H,5-13,18-24H2,1-4H3,(H2,51,66)(H2,52,70)(H,53,67)(H,54,71)(H,55,73)(H,56,72)/t26?,27?,28-,31-,32-,33+,34+,35+,36-,39+,40+,41+,42+,43+,44+/m1/s1. The molecule has 3 rings (SSSR count). The maximum absolute atomic E-state index is 14.3. The van der Waals surface area contributed by atoms with Gasteiger partial charge in [0, 0.05) is 32.4 Å². The molecule has 2 heterocycles. The number of benzene rings is 1. The Morgan fingerprint density at radius 2 is 1.35 bits per heavy atom. The number of phenols is 1. The van der Waals surface area contributed by atoms with Gasteiger partial charge in [-0.1, -0.05) is 77.8 Å². The van der Waals surface area contributed by atoms with Gasteiger partial charge in [-0.2, -0.15) is 0 Å². The van der Waals surface area contributed by atoms with Gasteiger partial charge in [-0.15, -0.1) is 0 Å². The topological polar surface area (TPSA) is 422 Å². The molecule has 2 saturated heterocycles. The van der Waals surface area contributed by atoms with Gasteiger partial charge >= 0.3 is 0 Å². The van der Waals surface area contributed by atoms with Crippen molar-refractivity contribution < 1.29 is 84.0 Å². The highest BCUT2D eigenvalue weighted by Crippen LogP contribution is 2.26. The summed E-state index contributed by atoms with van der Waals surface area (Å²) in [6.45, 7) is 6.89. The molecular weight excluding hydrogens is 985 g/mol. The highest BCUT2D eigenvalue weighted by molar-refractivity contribution is 5.98.